The zero-order valence-electron chi connectivity index (χ0n) is 15.0. The number of carbonyl (C=O) groups excluding carboxylic acids is 2. The Labute approximate surface area is 166 Å². The van der Waals surface area contributed by atoms with E-state index in [2.05, 4.69) is 4.74 Å². The average molecular weight is 430 g/mol. The van der Waals surface area contributed by atoms with Crippen molar-refractivity contribution in [2.24, 2.45) is 0 Å². The Hall–Kier alpha value is -2.65. The highest BCUT2D eigenvalue weighted by Crippen LogP contribution is 2.29. The highest BCUT2D eigenvalue weighted by atomic mass is 35.5. The molecule has 0 radical (unpaired) electrons. The third kappa shape index (κ3) is 4.79. The van der Waals surface area contributed by atoms with Gasteiger partial charge in [0.25, 0.3) is 10.0 Å². The summed E-state index contributed by atoms with van der Waals surface area (Å²) in [4.78, 5) is 23.4. The minimum absolute atomic E-state index is 0.0211. The fraction of sp³-hybridized carbons (Fsp3) is 0.222. The first-order valence-corrected chi connectivity index (χ1v) is 9.84. The number of nitrogens with zero attached hydrogens (tertiary/aromatic N) is 1. The number of hydrogen-bond acceptors (Lipinski definition) is 6. The maximum Gasteiger partial charge on any atom is 0.339 e. The zero-order valence-corrected chi connectivity index (χ0v) is 16.6. The van der Waals surface area contributed by atoms with Crippen LogP contribution in [-0.4, -0.2) is 40.6 Å². The Morgan fingerprint density at radius 3 is 2.32 bits per heavy atom. The van der Waals surface area contributed by atoms with Crippen molar-refractivity contribution in [3.8, 4) is 0 Å². The van der Waals surface area contributed by atoms with Crippen LogP contribution in [-0.2, 0) is 24.3 Å². The van der Waals surface area contributed by atoms with Gasteiger partial charge in [0.15, 0.2) is 0 Å². The maximum absolute atomic E-state index is 13.2. The third-order valence-corrected chi connectivity index (χ3v) is 5.74. The summed E-state index contributed by atoms with van der Waals surface area (Å²) >= 11 is 6.10. The van der Waals surface area contributed by atoms with E-state index < -0.39 is 34.3 Å². The molecular formula is C18H17ClFNO6S. The van der Waals surface area contributed by atoms with Gasteiger partial charge in [0.1, 0.15) is 12.4 Å². The molecule has 0 spiro atoms. The van der Waals surface area contributed by atoms with E-state index in [0.717, 1.165) is 35.7 Å². The minimum atomic E-state index is -4.25. The van der Waals surface area contributed by atoms with Crippen molar-refractivity contribution >= 4 is 39.3 Å². The van der Waals surface area contributed by atoms with Crippen LogP contribution in [0.1, 0.15) is 17.3 Å². The van der Waals surface area contributed by atoms with E-state index in [1.807, 2.05) is 0 Å². The standard InChI is InChI=1S/C18H17ClFNO6S/c1-3-27-18(23)15-9-6-13(10-16(15)19)21(11-17(22)26-2)28(24,25)14-7-4-12(20)5-8-14/h4-10H,3,11H2,1-2H3. The molecule has 0 N–H and O–H groups in total. The second-order valence-electron chi connectivity index (χ2n) is 5.43. The highest BCUT2D eigenvalue weighted by molar-refractivity contribution is 7.92. The molecule has 0 saturated carbocycles. The molecule has 0 atom stereocenters. The summed E-state index contributed by atoms with van der Waals surface area (Å²) in [6, 6.07) is 7.94. The van der Waals surface area contributed by atoms with Gasteiger partial charge in [-0.3, -0.25) is 9.10 Å². The predicted octanol–water partition coefficient (Wildman–Crippen LogP) is 3.02. The molecule has 150 valence electrons. The molecule has 10 heteroatoms. The number of sulfonamides is 1. The van der Waals surface area contributed by atoms with Crippen molar-refractivity contribution in [2.75, 3.05) is 24.6 Å². The normalized spacial score (nSPS) is 11.0. The molecule has 0 saturated heterocycles. The van der Waals surface area contributed by atoms with Crippen molar-refractivity contribution < 1.29 is 31.9 Å². The van der Waals surface area contributed by atoms with Gasteiger partial charge in [0.05, 0.1) is 34.9 Å². The number of esters is 2. The van der Waals surface area contributed by atoms with Crippen LogP contribution in [0.4, 0.5) is 10.1 Å². The van der Waals surface area contributed by atoms with E-state index >= 15 is 0 Å². The van der Waals surface area contributed by atoms with E-state index in [-0.39, 0.29) is 27.8 Å². The number of halogens is 2. The lowest BCUT2D eigenvalue weighted by atomic mass is 10.2. The fourth-order valence-corrected chi connectivity index (χ4v) is 3.92. The Balaban J connectivity index is 2.52. The predicted molar refractivity (Wildman–Crippen MR) is 100 cm³/mol. The van der Waals surface area contributed by atoms with Gasteiger partial charge in [0.2, 0.25) is 0 Å². The van der Waals surface area contributed by atoms with Gasteiger partial charge in [0, 0.05) is 0 Å². The summed E-state index contributed by atoms with van der Waals surface area (Å²) in [5, 5.41) is -0.0554. The second-order valence-corrected chi connectivity index (χ2v) is 7.70. The van der Waals surface area contributed by atoms with Gasteiger partial charge in [-0.1, -0.05) is 11.6 Å². The molecule has 2 aromatic rings. The quantitative estimate of drug-likeness (QED) is 0.628. The average Bonchev–Trinajstić information content (AvgIpc) is 2.66. The summed E-state index contributed by atoms with van der Waals surface area (Å²) in [6.45, 7) is 1.13. The Bertz CT molecular complexity index is 978. The molecular weight excluding hydrogens is 413 g/mol. The Kier molecular flexibility index (Phi) is 6.98. The highest BCUT2D eigenvalue weighted by Gasteiger charge is 2.28. The summed E-state index contributed by atoms with van der Waals surface area (Å²) in [6.07, 6.45) is 0. The molecule has 2 rings (SSSR count). The molecule has 0 bridgehead atoms. The monoisotopic (exact) mass is 429 g/mol. The molecule has 7 nitrogen and oxygen atoms in total. The molecule has 2 aromatic carbocycles. The van der Waals surface area contributed by atoms with Gasteiger partial charge >= 0.3 is 11.9 Å². The SMILES string of the molecule is CCOC(=O)c1ccc(N(CC(=O)OC)S(=O)(=O)c2ccc(F)cc2)cc1Cl. The van der Waals surface area contributed by atoms with Crippen molar-refractivity contribution in [2.45, 2.75) is 11.8 Å². The molecule has 0 fully saturated rings. The summed E-state index contributed by atoms with van der Waals surface area (Å²) in [7, 11) is -3.13. The van der Waals surface area contributed by atoms with Crippen LogP contribution in [0.25, 0.3) is 0 Å². The molecule has 0 unspecified atom stereocenters. The van der Waals surface area contributed by atoms with E-state index in [1.165, 1.54) is 18.2 Å². The van der Waals surface area contributed by atoms with E-state index in [1.54, 1.807) is 6.92 Å². The third-order valence-electron chi connectivity index (χ3n) is 3.64. The van der Waals surface area contributed by atoms with E-state index in [9.17, 15) is 22.4 Å². The first-order chi connectivity index (χ1) is 13.2. The molecule has 0 aliphatic heterocycles. The number of anilines is 1. The molecule has 0 aliphatic rings. The van der Waals surface area contributed by atoms with Gasteiger partial charge in [-0.25, -0.2) is 17.6 Å². The van der Waals surface area contributed by atoms with E-state index in [0.29, 0.717) is 0 Å². The lowest BCUT2D eigenvalue weighted by Crippen LogP contribution is -2.36. The molecule has 28 heavy (non-hydrogen) atoms. The van der Waals surface area contributed by atoms with Crippen LogP contribution in [0.15, 0.2) is 47.4 Å². The first kappa shape index (κ1) is 21.6. The molecule has 0 heterocycles. The number of hydrogen-bond donors (Lipinski definition) is 0. The summed E-state index contributed by atoms with van der Waals surface area (Å²) in [5.74, 6) is -2.10. The van der Waals surface area contributed by atoms with Crippen LogP contribution in [0.3, 0.4) is 0 Å². The Morgan fingerprint density at radius 2 is 1.79 bits per heavy atom. The topological polar surface area (TPSA) is 90.0 Å². The largest absolute Gasteiger partial charge is 0.468 e. The van der Waals surface area contributed by atoms with Crippen LogP contribution >= 0.6 is 11.6 Å². The smallest absolute Gasteiger partial charge is 0.339 e. The van der Waals surface area contributed by atoms with Crippen molar-refractivity contribution in [3.63, 3.8) is 0 Å². The van der Waals surface area contributed by atoms with Gasteiger partial charge in [-0.2, -0.15) is 0 Å². The van der Waals surface area contributed by atoms with Crippen LogP contribution < -0.4 is 4.31 Å². The number of ether oxygens (including phenoxy) is 2. The lowest BCUT2D eigenvalue weighted by Gasteiger charge is -2.24. The number of benzene rings is 2. The van der Waals surface area contributed by atoms with Crippen molar-refractivity contribution in [1.82, 2.24) is 0 Å². The molecule has 0 amide bonds. The summed E-state index contributed by atoms with van der Waals surface area (Å²) in [5.41, 5.74) is 0.0669. The van der Waals surface area contributed by atoms with Crippen molar-refractivity contribution in [3.05, 3.63) is 58.9 Å². The number of rotatable bonds is 7. The minimum Gasteiger partial charge on any atom is -0.468 e. The van der Waals surface area contributed by atoms with Crippen molar-refractivity contribution in [1.29, 1.82) is 0 Å². The zero-order chi connectivity index (χ0) is 20.9. The summed E-state index contributed by atoms with van der Waals surface area (Å²) < 4.78 is 49.3. The molecule has 0 aromatic heterocycles. The lowest BCUT2D eigenvalue weighted by molar-refractivity contribution is -0.138. The van der Waals surface area contributed by atoms with Crippen LogP contribution in [0, 0.1) is 5.82 Å². The van der Waals surface area contributed by atoms with Crippen LogP contribution in [0.5, 0.6) is 0 Å². The second kappa shape index (κ2) is 9.03. The number of carbonyl (C=O) groups is 2. The van der Waals surface area contributed by atoms with E-state index in [4.69, 9.17) is 16.3 Å². The van der Waals surface area contributed by atoms with Crippen LogP contribution in [0.2, 0.25) is 5.02 Å². The maximum atomic E-state index is 13.2. The van der Waals surface area contributed by atoms with Gasteiger partial charge in [-0.15, -0.1) is 0 Å². The fourth-order valence-electron chi connectivity index (χ4n) is 2.26. The number of methoxy groups -OCH3 is 1. The first-order valence-electron chi connectivity index (χ1n) is 8.02. The van der Waals surface area contributed by atoms with Gasteiger partial charge < -0.3 is 9.47 Å². The van der Waals surface area contributed by atoms with Gasteiger partial charge in [-0.05, 0) is 49.4 Å². The molecule has 0 aliphatic carbocycles. The Morgan fingerprint density at radius 1 is 1.14 bits per heavy atom.